The van der Waals surface area contributed by atoms with Crippen molar-refractivity contribution in [1.29, 1.82) is 0 Å². The first-order chi connectivity index (χ1) is 11.8. The third-order valence-corrected chi connectivity index (χ3v) is 3.99. The van der Waals surface area contributed by atoms with Crippen molar-refractivity contribution in [3.63, 3.8) is 0 Å². The predicted octanol–water partition coefficient (Wildman–Crippen LogP) is 3.27. The van der Waals surface area contributed by atoms with Gasteiger partial charge in [0.25, 0.3) is 0 Å². The summed E-state index contributed by atoms with van der Waals surface area (Å²) in [5.74, 6) is 1.65. The summed E-state index contributed by atoms with van der Waals surface area (Å²) in [6.07, 6.45) is 0.453. The Hall–Kier alpha value is -2.69. The van der Waals surface area contributed by atoms with Crippen molar-refractivity contribution >= 4 is 11.6 Å². The zero-order chi connectivity index (χ0) is 16.8. The molecule has 0 unspecified atom stereocenters. The van der Waals surface area contributed by atoms with Crippen LogP contribution in [0.1, 0.15) is 18.9 Å². The van der Waals surface area contributed by atoms with Crippen LogP contribution in [0.4, 0.5) is 5.69 Å². The van der Waals surface area contributed by atoms with E-state index in [-0.39, 0.29) is 12.7 Å². The van der Waals surface area contributed by atoms with Gasteiger partial charge in [-0.2, -0.15) is 0 Å². The number of benzene rings is 2. The molecule has 1 heterocycles. The highest BCUT2D eigenvalue weighted by atomic mass is 16.7. The Morgan fingerprint density at radius 3 is 2.71 bits per heavy atom. The molecule has 0 atom stereocenters. The smallest absolute Gasteiger partial charge is 0.231 e. The molecule has 5 nitrogen and oxygen atoms in total. The Kier molecular flexibility index (Phi) is 5.21. The molecule has 0 saturated heterocycles. The molecule has 3 rings (SSSR count). The van der Waals surface area contributed by atoms with E-state index in [4.69, 9.17) is 9.47 Å². The summed E-state index contributed by atoms with van der Waals surface area (Å²) in [5, 5.41) is 3.27. The van der Waals surface area contributed by atoms with Crippen LogP contribution < -0.4 is 14.8 Å². The normalized spacial score (nSPS) is 12.0. The number of nitrogens with zero attached hydrogens (tertiary/aromatic N) is 1. The van der Waals surface area contributed by atoms with Crippen molar-refractivity contribution < 1.29 is 14.3 Å². The minimum absolute atomic E-state index is 0.148. The second-order valence-electron chi connectivity index (χ2n) is 5.64. The molecule has 0 radical (unpaired) electrons. The van der Waals surface area contributed by atoms with Crippen LogP contribution in [0.5, 0.6) is 11.5 Å². The fourth-order valence-electron chi connectivity index (χ4n) is 2.66. The average molecular weight is 326 g/mol. The lowest BCUT2D eigenvalue weighted by Crippen LogP contribution is -2.31. The van der Waals surface area contributed by atoms with Crippen molar-refractivity contribution in [3.05, 3.63) is 54.1 Å². The molecule has 0 spiro atoms. The number of fused-ring (bicyclic) bond motifs is 1. The van der Waals surface area contributed by atoms with Gasteiger partial charge in [0.1, 0.15) is 0 Å². The number of anilines is 1. The van der Waals surface area contributed by atoms with E-state index < -0.39 is 0 Å². The van der Waals surface area contributed by atoms with Crippen molar-refractivity contribution in [2.24, 2.45) is 0 Å². The summed E-state index contributed by atoms with van der Waals surface area (Å²) >= 11 is 0. The molecule has 2 aromatic carbocycles. The number of nitrogens with one attached hydrogen (secondary N) is 1. The summed E-state index contributed by atoms with van der Waals surface area (Å²) < 4.78 is 10.6. The Balaban J connectivity index is 1.49. The number of carbonyl (C=O) groups is 1. The first-order valence-electron chi connectivity index (χ1n) is 8.21. The zero-order valence-electron chi connectivity index (χ0n) is 13.8. The number of rotatable bonds is 7. The van der Waals surface area contributed by atoms with Crippen LogP contribution in [0, 0.1) is 0 Å². The van der Waals surface area contributed by atoms with E-state index in [1.807, 2.05) is 60.4 Å². The van der Waals surface area contributed by atoms with Gasteiger partial charge in [-0.3, -0.25) is 4.79 Å². The number of hydrogen-bond donors (Lipinski definition) is 1. The molecule has 0 bridgehead atoms. The van der Waals surface area contributed by atoms with E-state index in [1.165, 1.54) is 0 Å². The number of ether oxygens (including phenoxy) is 2. The quantitative estimate of drug-likeness (QED) is 0.848. The van der Waals surface area contributed by atoms with Gasteiger partial charge in [0.2, 0.25) is 12.7 Å². The summed E-state index contributed by atoms with van der Waals surface area (Å²) in [4.78, 5) is 14.3. The minimum Gasteiger partial charge on any atom is -0.454 e. The highest BCUT2D eigenvalue weighted by molar-refractivity contribution is 5.76. The van der Waals surface area contributed by atoms with Gasteiger partial charge >= 0.3 is 0 Å². The Morgan fingerprint density at radius 1 is 1.12 bits per heavy atom. The standard InChI is InChI=1S/C19H22N2O3/c1-2-21(13-15-6-4-3-5-7-15)19(22)10-11-20-16-8-9-17-18(12-16)24-14-23-17/h3-9,12,20H,2,10-11,13-14H2,1H3. The summed E-state index contributed by atoms with van der Waals surface area (Å²) in [6, 6.07) is 15.8. The monoisotopic (exact) mass is 326 g/mol. The van der Waals surface area contributed by atoms with Crippen LogP contribution in [-0.2, 0) is 11.3 Å². The molecule has 0 aromatic heterocycles. The second kappa shape index (κ2) is 7.73. The molecule has 1 aliphatic rings. The summed E-state index contributed by atoms with van der Waals surface area (Å²) in [7, 11) is 0. The van der Waals surface area contributed by atoms with E-state index in [9.17, 15) is 4.79 Å². The van der Waals surface area contributed by atoms with E-state index in [1.54, 1.807) is 0 Å². The Bertz CT molecular complexity index is 688. The van der Waals surface area contributed by atoms with Crippen LogP contribution in [0.25, 0.3) is 0 Å². The van der Waals surface area contributed by atoms with Crippen molar-refractivity contribution in [1.82, 2.24) is 4.90 Å². The molecule has 1 aliphatic heterocycles. The maximum atomic E-state index is 12.4. The topological polar surface area (TPSA) is 50.8 Å². The molecule has 0 aliphatic carbocycles. The van der Waals surface area contributed by atoms with Gasteiger partial charge < -0.3 is 19.7 Å². The minimum atomic E-state index is 0.148. The molecular formula is C19H22N2O3. The van der Waals surface area contributed by atoms with Gasteiger partial charge in [0.15, 0.2) is 11.5 Å². The van der Waals surface area contributed by atoms with E-state index in [0.29, 0.717) is 26.1 Å². The highest BCUT2D eigenvalue weighted by Crippen LogP contribution is 2.34. The predicted molar refractivity (Wildman–Crippen MR) is 93.2 cm³/mol. The lowest BCUT2D eigenvalue weighted by atomic mass is 10.2. The van der Waals surface area contributed by atoms with Crippen molar-refractivity contribution in [3.8, 4) is 11.5 Å². The largest absolute Gasteiger partial charge is 0.454 e. The third-order valence-electron chi connectivity index (χ3n) is 3.99. The van der Waals surface area contributed by atoms with Crippen LogP contribution in [0.15, 0.2) is 48.5 Å². The molecule has 1 amide bonds. The number of carbonyl (C=O) groups excluding carboxylic acids is 1. The van der Waals surface area contributed by atoms with Crippen LogP contribution in [0.3, 0.4) is 0 Å². The lowest BCUT2D eigenvalue weighted by Gasteiger charge is -2.21. The maximum absolute atomic E-state index is 12.4. The van der Waals surface area contributed by atoms with Crippen LogP contribution >= 0.6 is 0 Å². The molecule has 24 heavy (non-hydrogen) atoms. The van der Waals surface area contributed by atoms with E-state index in [2.05, 4.69) is 5.32 Å². The Labute approximate surface area is 142 Å². The highest BCUT2D eigenvalue weighted by Gasteiger charge is 2.14. The number of amides is 1. The van der Waals surface area contributed by atoms with Crippen LogP contribution in [0.2, 0.25) is 0 Å². The van der Waals surface area contributed by atoms with E-state index >= 15 is 0 Å². The molecule has 5 heteroatoms. The van der Waals surface area contributed by atoms with Gasteiger partial charge in [0, 0.05) is 37.8 Å². The van der Waals surface area contributed by atoms with Crippen molar-refractivity contribution in [2.75, 3.05) is 25.2 Å². The zero-order valence-corrected chi connectivity index (χ0v) is 13.8. The summed E-state index contributed by atoms with van der Waals surface area (Å²) in [6.45, 7) is 4.22. The first-order valence-corrected chi connectivity index (χ1v) is 8.21. The fraction of sp³-hybridized carbons (Fsp3) is 0.316. The van der Waals surface area contributed by atoms with E-state index in [0.717, 1.165) is 22.7 Å². The van der Waals surface area contributed by atoms with Crippen LogP contribution in [-0.4, -0.2) is 30.7 Å². The number of hydrogen-bond acceptors (Lipinski definition) is 4. The van der Waals surface area contributed by atoms with Crippen molar-refractivity contribution in [2.45, 2.75) is 19.9 Å². The van der Waals surface area contributed by atoms with Gasteiger partial charge in [-0.05, 0) is 24.6 Å². The molecule has 2 aromatic rings. The molecule has 126 valence electrons. The van der Waals surface area contributed by atoms with Gasteiger partial charge in [-0.15, -0.1) is 0 Å². The summed E-state index contributed by atoms with van der Waals surface area (Å²) in [5.41, 5.74) is 2.08. The Morgan fingerprint density at radius 2 is 1.92 bits per heavy atom. The molecule has 0 saturated carbocycles. The van der Waals surface area contributed by atoms with Gasteiger partial charge in [-0.1, -0.05) is 30.3 Å². The maximum Gasteiger partial charge on any atom is 0.231 e. The first kappa shape index (κ1) is 16.2. The SMILES string of the molecule is CCN(Cc1ccccc1)C(=O)CCNc1ccc2c(c1)OCO2. The molecular weight excluding hydrogens is 304 g/mol. The average Bonchev–Trinajstić information content (AvgIpc) is 3.08. The van der Waals surface area contributed by atoms with Gasteiger partial charge in [-0.25, -0.2) is 0 Å². The molecule has 0 fully saturated rings. The molecule has 1 N–H and O–H groups in total. The second-order valence-corrected chi connectivity index (χ2v) is 5.64. The fourth-order valence-corrected chi connectivity index (χ4v) is 2.66. The third kappa shape index (κ3) is 3.98. The lowest BCUT2D eigenvalue weighted by molar-refractivity contribution is -0.131. The van der Waals surface area contributed by atoms with Gasteiger partial charge in [0.05, 0.1) is 0 Å².